The quantitative estimate of drug-likeness (QED) is 0.799. The molecule has 5 nitrogen and oxygen atoms in total. The van der Waals surface area contributed by atoms with Crippen molar-refractivity contribution in [1.82, 2.24) is 15.0 Å². The summed E-state index contributed by atoms with van der Waals surface area (Å²) >= 11 is 0. The average Bonchev–Trinajstić information content (AvgIpc) is 2.75. The molecule has 1 saturated carbocycles. The maximum atomic E-state index is 8.76. The molecular formula is C12H18N4O. The zero-order valence-corrected chi connectivity index (χ0v) is 10.2. The van der Waals surface area contributed by atoms with Crippen molar-refractivity contribution >= 4 is 0 Å². The molecule has 5 heteroatoms. The number of aromatic nitrogens is 3. The molecule has 2 rings (SSSR count). The third kappa shape index (κ3) is 2.64. The van der Waals surface area contributed by atoms with E-state index in [-0.39, 0.29) is 0 Å². The lowest BCUT2D eigenvalue weighted by Gasteiger charge is -2.23. The Kier molecular flexibility index (Phi) is 4.10. The predicted octanol–water partition coefficient (Wildman–Crippen LogP) is 2.00. The van der Waals surface area contributed by atoms with Crippen molar-refractivity contribution < 1.29 is 4.74 Å². The summed E-state index contributed by atoms with van der Waals surface area (Å²) in [6.07, 6.45) is 6.45. The van der Waals surface area contributed by atoms with Gasteiger partial charge in [-0.1, -0.05) is 24.5 Å². The Labute approximate surface area is 101 Å². The molecular weight excluding hydrogens is 216 g/mol. The Morgan fingerprint density at radius 2 is 2.18 bits per heavy atom. The maximum absolute atomic E-state index is 8.76. The Hall–Kier alpha value is -1.41. The predicted molar refractivity (Wildman–Crippen MR) is 62.2 cm³/mol. The molecule has 0 bridgehead atoms. The highest BCUT2D eigenvalue weighted by Crippen LogP contribution is 2.29. The fourth-order valence-electron chi connectivity index (χ4n) is 2.46. The van der Waals surface area contributed by atoms with Gasteiger partial charge >= 0.3 is 0 Å². The highest BCUT2D eigenvalue weighted by Gasteiger charge is 2.21. The van der Waals surface area contributed by atoms with Crippen LogP contribution in [0.15, 0.2) is 0 Å². The fourth-order valence-corrected chi connectivity index (χ4v) is 2.46. The Balaban J connectivity index is 2.22. The summed E-state index contributed by atoms with van der Waals surface area (Å²) in [6, 6.07) is 2.57. The minimum atomic E-state index is 0.311. The maximum Gasteiger partial charge on any atom is 0.102 e. The van der Waals surface area contributed by atoms with Gasteiger partial charge in [-0.05, 0) is 12.8 Å². The SMILES string of the molecule is COCc1c(CC#N)nnn1C1CCCCC1. The van der Waals surface area contributed by atoms with Gasteiger partial charge in [-0.3, -0.25) is 0 Å². The number of rotatable bonds is 4. The van der Waals surface area contributed by atoms with Crippen LogP contribution in [-0.4, -0.2) is 22.1 Å². The van der Waals surface area contributed by atoms with Gasteiger partial charge in [0.15, 0.2) is 0 Å². The van der Waals surface area contributed by atoms with Crippen LogP contribution in [-0.2, 0) is 17.8 Å². The average molecular weight is 234 g/mol. The van der Waals surface area contributed by atoms with E-state index in [1.54, 1.807) is 7.11 Å². The molecule has 1 aliphatic rings. The topological polar surface area (TPSA) is 63.7 Å². The lowest BCUT2D eigenvalue weighted by atomic mass is 9.95. The van der Waals surface area contributed by atoms with Crippen molar-refractivity contribution in [2.45, 2.75) is 51.2 Å². The van der Waals surface area contributed by atoms with Gasteiger partial charge in [-0.15, -0.1) is 5.10 Å². The Bertz CT molecular complexity index is 401. The first-order chi connectivity index (χ1) is 8.36. The van der Waals surface area contributed by atoms with Crippen molar-refractivity contribution in [2.24, 2.45) is 0 Å². The van der Waals surface area contributed by atoms with Crippen LogP contribution in [0.25, 0.3) is 0 Å². The van der Waals surface area contributed by atoms with Gasteiger partial charge in [0.2, 0.25) is 0 Å². The van der Waals surface area contributed by atoms with Crippen LogP contribution in [0.4, 0.5) is 0 Å². The molecule has 1 fully saturated rings. The number of nitrogens with zero attached hydrogens (tertiary/aromatic N) is 4. The van der Waals surface area contributed by atoms with E-state index in [0.717, 1.165) is 24.2 Å². The second-order valence-corrected chi connectivity index (χ2v) is 4.49. The number of methoxy groups -OCH3 is 1. The zero-order valence-electron chi connectivity index (χ0n) is 10.2. The molecule has 1 aromatic heterocycles. The summed E-state index contributed by atoms with van der Waals surface area (Å²) in [5.74, 6) is 0. The van der Waals surface area contributed by atoms with E-state index in [1.165, 1.54) is 19.3 Å². The molecule has 0 aromatic carbocycles. The lowest BCUT2D eigenvalue weighted by Crippen LogP contribution is -2.17. The molecule has 1 aromatic rings. The van der Waals surface area contributed by atoms with Crippen molar-refractivity contribution in [3.05, 3.63) is 11.4 Å². The summed E-state index contributed by atoms with van der Waals surface area (Å²) in [7, 11) is 1.66. The number of nitriles is 1. The van der Waals surface area contributed by atoms with Gasteiger partial charge in [0.25, 0.3) is 0 Å². The van der Waals surface area contributed by atoms with Gasteiger partial charge in [0.05, 0.1) is 30.8 Å². The van der Waals surface area contributed by atoms with Gasteiger partial charge in [0, 0.05) is 7.11 Å². The summed E-state index contributed by atoms with van der Waals surface area (Å²) < 4.78 is 7.18. The highest BCUT2D eigenvalue weighted by molar-refractivity contribution is 5.14. The van der Waals surface area contributed by atoms with E-state index in [1.807, 2.05) is 4.68 Å². The molecule has 92 valence electrons. The minimum absolute atomic E-state index is 0.311. The normalized spacial score (nSPS) is 16.9. The first-order valence-electron chi connectivity index (χ1n) is 6.15. The number of hydrogen-bond acceptors (Lipinski definition) is 4. The van der Waals surface area contributed by atoms with Crippen molar-refractivity contribution in [1.29, 1.82) is 5.26 Å². The lowest BCUT2D eigenvalue weighted by molar-refractivity contribution is 0.170. The second-order valence-electron chi connectivity index (χ2n) is 4.49. The molecule has 0 N–H and O–H groups in total. The number of ether oxygens (including phenoxy) is 1. The molecule has 17 heavy (non-hydrogen) atoms. The van der Waals surface area contributed by atoms with E-state index < -0.39 is 0 Å². The van der Waals surface area contributed by atoms with Crippen LogP contribution in [0.2, 0.25) is 0 Å². The van der Waals surface area contributed by atoms with Crippen LogP contribution >= 0.6 is 0 Å². The van der Waals surface area contributed by atoms with Gasteiger partial charge in [-0.25, -0.2) is 4.68 Å². The molecule has 0 unspecified atom stereocenters. The van der Waals surface area contributed by atoms with Crippen molar-refractivity contribution in [3.8, 4) is 6.07 Å². The summed E-state index contributed by atoms with van der Waals surface area (Å²) in [5.41, 5.74) is 1.74. The van der Waals surface area contributed by atoms with E-state index in [0.29, 0.717) is 19.1 Å². The number of hydrogen-bond donors (Lipinski definition) is 0. The van der Waals surface area contributed by atoms with Crippen molar-refractivity contribution in [3.63, 3.8) is 0 Å². The molecule has 0 aliphatic heterocycles. The molecule has 0 amide bonds. The van der Waals surface area contributed by atoms with Crippen LogP contribution in [0.1, 0.15) is 49.5 Å². The van der Waals surface area contributed by atoms with E-state index >= 15 is 0 Å². The van der Waals surface area contributed by atoms with Crippen LogP contribution in [0.3, 0.4) is 0 Å². The summed E-state index contributed by atoms with van der Waals surface area (Å²) in [4.78, 5) is 0. The van der Waals surface area contributed by atoms with E-state index in [4.69, 9.17) is 10.00 Å². The Morgan fingerprint density at radius 1 is 1.41 bits per heavy atom. The third-order valence-corrected chi connectivity index (χ3v) is 3.32. The Morgan fingerprint density at radius 3 is 2.82 bits per heavy atom. The molecule has 1 aliphatic carbocycles. The fraction of sp³-hybridized carbons (Fsp3) is 0.750. The summed E-state index contributed by atoms with van der Waals surface area (Å²) in [5, 5.41) is 17.1. The molecule has 0 saturated heterocycles. The van der Waals surface area contributed by atoms with E-state index in [9.17, 15) is 0 Å². The second kappa shape index (κ2) is 5.78. The van der Waals surface area contributed by atoms with Crippen LogP contribution in [0.5, 0.6) is 0 Å². The molecule has 0 radical (unpaired) electrons. The first-order valence-corrected chi connectivity index (χ1v) is 6.15. The van der Waals surface area contributed by atoms with Gasteiger partial charge in [0.1, 0.15) is 5.69 Å². The smallest absolute Gasteiger partial charge is 0.102 e. The van der Waals surface area contributed by atoms with Gasteiger partial charge < -0.3 is 4.74 Å². The largest absolute Gasteiger partial charge is 0.378 e. The molecule has 0 atom stereocenters. The third-order valence-electron chi connectivity index (χ3n) is 3.32. The van der Waals surface area contributed by atoms with Crippen LogP contribution < -0.4 is 0 Å². The highest BCUT2D eigenvalue weighted by atomic mass is 16.5. The van der Waals surface area contributed by atoms with E-state index in [2.05, 4.69) is 16.4 Å². The first kappa shape index (κ1) is 12.1. The molecule has 1 heterocycles. The standard InChI is InChI=1S/C12H18N4O/c1-17-9-12-11(7-8-13)14-15-16(12)10-5-3-2-4-6-10/h10H,2-7,9H2,1H3. The monoisotopic (exact) mass is 234 g/mol. The van der Waals surface area contributed by atoms with Crippen LogP contribution in [0, 0.1) is 11.3 Å². The van der Waals surface area contributed by atoms with Gasteiger partial charge in [-0.2, -0.15) is 5.26 Å². The zero-order chi connectivity index (χ0) is 12.1. The minimum Gasteiger partial charge on any atom is -0.378 e. The summed E-state index contributed by atoms with van der Waals surface area (Å²) in [6.45, 7) is 0.487. The molecule has 0 spiro atoms. The van der Waals surface area contributed by atoms with Crippen molar-refractivity contribution in [2.75, 3.05) is 7.11 Å².